The van der Waals surface area contributed by atoms with Crippen molar-refractivity contribution < 1.29 is 4.74 Å². The first kappa shape index (κ1) is 21.1. The van der Waals surface area contributed by atoms with Crippen LogP contribution in [0, 0.1) is 5.41 Å². The van der Waals surface area contributed by atoms with Crippen LogP contribution >= 0.6 is 24.0 Å². The maximum absolute atomic E-state index is 5.66. The molecule has 4 rings (SSSR count). The molecule has 1 aromatic carbocycles. The van der Waals surface area contributed by atoms with Crippen LogP contribution in [-0.4, -0.2) is 53.3 Å². The number of guanidine groups is 1. The van der Waals surface area contributed by atoms with Gasteiger partial charge in [0.05, 0.1) is 6.61 Å². The lowest BCUT2D eigenvalue weighted by Crippen LogP contribution is -2.41. The van der Waals surface area contributed by atoms with Gasteiger partial charge >= 0.3 is 0 Å². The van der Waals surface area contributed by atoms with Gasteiger partial charge in [-0.05, 0) is 25.3 Å². The third kappa shape index (κ3) is 4.86. The highest BCUT2D eigenvalue weighted by Crippen LogP contribution is 2.38. The van der Waals surface area contributed by atoms with E-state index in [0.29, 0.717) is 12.0 Å². The van der Waals surface area contributed by atoms with E-state index in [9.17, 15) is 0 Å². The van der Waals surface area contributed by atoms with E-state index in [0.717, 1.165) is 51.2 Å². The summed E-state index contributed by atoms with van der Waals surface area (Å²) in [4.78, 5) is 11.8. The minimum Gasteiger partial charge on any atom is -0.381 e. The summed E-state index contributed by atoms with van der Waals surface area (Å²) >= 11 is 0. The number of imidazole rings is 1. The van der Waals surface area contributed by atoms with E-state index >= 15 is 0 Å². The van der Waals surface area contributed by atoms with Crippen LogP contribution in [0.3, 0.4) is 0 Å². The number of nitrogens with one attached hydrogen (secondary N) is 1. The van der Waals surface area contributed by atoms with Gasteiger partial charge in [-0.25, -0.2) is 9.98 Å². The van der Waals surface area contributed by atoms with Crippen molar-refractivity contribution in [2.24, 2.45) is 10.4 Å². The molecule has 2 aliphatic rings. The molecule has 2 fully saturated rings. The summed E-state index contributed by atoms with van der Waals surface area (Å²) in [6.07, 6.45) is 6.26. The first-order chi connectivity index (χ1) is 13.3. The molecule has 2 aliphatic heterocycles. The van der Waals surface area contributed by atoms with Gasteiger partial charge in [-0.3, -0.25) is 0 Å². The van der Waals surface area contributed by atoms with Gasteiger partial charge in [0.25, 0.3) is 0 Å². The molecule has 0 saturated carbocycles. The number of benzene rings is 1. The second kappa shape index (κ2) is 9.73. The number of hydrogen-bond donors (Lipinski definition) is 1. The van der Waals surface area contributed by atoms with Crippen molar-refractivity contribution in [1.29, 1.82) is 0 Å². The Morgan fingerprint density at radius 3 is 2.89 bits per heavy atom. The fraction of sp³-hybridized carbons (Fsp3) is 0.524. The Morgan fingerprint density at radius 2 is 2.14 bits per heavy atom. The standard InChI is InChI=1S/C21H29N5O.HI/c1-2-22-20(26-11-8-21(16-26)9-13-27-17-21)24-14-19-23-10-12-25(19)15-18-6-4-3-5-7-18;/h3-7,10,12H,2,8-9,11,13-17H2,1H3,(H,22,24);1H. The average molecular weight is 495 g/mol. The van der Waals surface area contributed by atoms with Crippen LogP contribution in [0.4, 0.5) is 0 Å². The number of halogens is 1. The summed E-state index contributed by atoms with van der Waals surface area (Å²) < 4.78 is 7.84. The van der Waals surface area contributed by atoms with Crippen molar-refractivity contribution in [3.8, 4) is 0 Å². The number of nitrogens with zero attached hydrogens (tertiary/aromatic N) is 4. The molecule has 152 valence electrons. The Bertz CT molecular complexity index is 770. The minimum atomic E-state index is 0. The predicted molar refractivity (Wildman–Crippen MR) is 122 cm³/mol. The molecule has 28 heavy (non-hydrogen) atoms. The van der Waals surface area contributed by atoms with Crippen LogP contribution in [0.25, 0.3) is 0 Å². The molecule has 7 heteroatoms. The molecule has 1 N–H and O–H groups in total. The Labute approximate surface area is 184 Å². The number of likely N-dealkylation sites (tertiary alicyclic amines) is 1. The molecule has 3 heterocycles. The van der Waals surface area contributed by atoms with Crippen LogP contribution in [0.5, 0.6) is 0 Å². The maximum atomic E-state index is 5.66. The maximum Gasteiger partial charge on any atom is 0.194 e. The zero-order valence-corrected chi connectivity index (χ0v) is 18.8. The molecule has 2 saturated heterocycles. The Morgan fingerprint density at radius 1 is 1.29 bits per heavy atom. The lowest BCUT2D eigenvalue weighted by Gasteiger charge is -2.25. The summed E-state index contributed by atoms with van der Waals surface area (Å²) in [6.45, 7) is 8.29. The highest BCUT2D eigenvalue weighted by atomic mass is 127. The fourth-order valence-corrected chi connectivity index (χ4v) is 4.07. The van der Waals surface area contributed by atoms with E-state index in [1.165, 1.54) is 18.4 Å². The normalized spacial score (nSPS) is 21.9. The van der Waals surface area contributed by atoms with E-state index in [2.05, 4.69) is 51.0 Å². The van der Waals surface area contributed by atoms with Gasteiger partial charge in [0, 0.05) is 50.6 Å². The number of hydrogen-bond acceptors (Lipinski definition) is 3. The van der Waals surface area contributed by atoms with Crippen LogP contribution in [0.15, 0.2) is 47.7 Å². The Balaban J connectivity index is 0.00000225. The van der Waals surface area contributed by atoms with E-state index < -0.39 is 0 Å². The van der Waals surface area contributed by atoms with E-state index in [-0.39, 0.29) is 24.0 Å². The molecular weight excluding hydrogens is 465 g/mol. The van der Waals surface area contributed by atoms with Crippen LogP contribution in [0.2, 0.25) is 0 Å². The molecule has 1 aromatic heterocycles. The molecule has 0 radical (unpaired) electrons. The SMILES string of the molecule is CCNC(=NCc1nccn1Cc1ccccc1)N1CCC2(CCOC2)C1.I. The first-order valence-electron chi connectivity index (χ1n) is 9.93. The van der Waals surface area contributed by atoms with Crippen LogP contribution in [-0.2, 0) is 17.8 Å². The quantitative estimate of drug-likeness (QED) is 0.394. The summed E-state index contributed by atoms with van der Waals surface area (Å²) in [6, 6.07) is 10.5. The number of aliphatic imine (C=N–C) groups is 1. The molecule has 1 atom stereocenters. The number of aromatic nitrogens is 2. The van der Waals surface area contributed by atoms with Crippen molar-refractivity contribution in [2.45, 2.75) is 32.9 Å². The fourth-order valence-electron chi connectivity index (χ4n) is 4.07. The van der Waals surface area contributed by atoms with Gasteiger partial charge in [0.15, 0.2) is 5.96 Å². The lowest BCUT2D eigenvalue weighted by atomic mass is 9.87. The summed E-state index contributed by atoms with van der Waals surface area (Å²) in [5.74, 6) is 1.99. The molecule has 0 amide bonds. The highest BCUT2D eigenvalue weighted by molar-refractivity contribution is 14.0. The van der Waals surface area contributed by atoms with Crippen molar-refractivity contribution in [1.82, 2.24) is 19.8 Å². The summed E-state index contributed by atoms with van der Waals surface area (Å²) in [5, 5.41) is 3.46. The molecule has 1 unspecified atom stereocenters. The number of rotatable bonds is 5. The van der Waals surface area contributed by atoms with Gasteiger partial charge in [-0.15, -0.1) is 24.0 Å². The van der Waals surface area contributed by atoms with Crippen molar-refractivity contribution in [3.63, 3.8) is 0 Å². The van der Waals surface area contributed by atoms with E-state index in [1.54, 1.807) is 0 Å². The third-order valence-corrected chi connectivity index (χ3v) is 5.63. The molecule has 0 aliphatic carbocycles. The van der Waals surface area contributed by atoms with Crippen molar-refractivity contribution in [2.75, 3.05) is 32.8 Å². The van der Waals surface area contributed by atoms with Crippen molar-refractivity contribution >= 4 is 29.9 Å². The molecule has 0 bridgehead atoms. The minimum absolute atomic E-state index is 0. The Hall–Kier alpha value is -1.61. The van der Waals surface area contributed by atoms with Crippen LogP contribution < -0.4 is 5.32 Å². The van der Waals surface area contributed by atoms with Gasteiger partial charge in [0.1, 0.15) is 12.4 Å². The smallest absolute Gasteiger partial charge is 0.194 e. The van der Waals surface area contributed by atoms with E-state index in [4.69, 9.17) is 9.73 Å². The topological polar surface area (TPSA) is 54.7 Å². The van der Waals surface area contributed by atoms with Gasteiger partial charge < -0.3 is 19.5 Å². The van der Waals surface area contributed by atoms with Gasteiger partial charge in [-0.2, -0.15) is 0 Å². The molecular formula is C21H30IN5O. The zero-order chi connectivity index (χ0) is 18.5. The first-order valence-corrected chi connectivity index (χ1v) is 9.93. The second-order valence-corrected chi connectivity index (χ2v) is 7.60. The predicted octanol–water partition coefficient (Wildman–Crippen LogP) is 3.13. The summed E-state index contributed by atoms with van der Waals surface area (Å²) in [7, 11) is 0. The molecule has 1 spiro atoms. The number of ether oxygens (including phenoxy) is 1. The average Bonchev–Trinajstić information content (AvgIpc) is 3.43. The lowest BCUT2D eigenvalue weighted by molar-refractivity contribution is 0.156. The summed E-state index contributed by atoms with van der Waals surface area (Å²) in [5.41, 5.74) is 1.61. The monoisotopic (exact) mass is 495 g/mol. The van der Waals surface area contributed by atoms with Crippen molar-refractivity contribution in [3.05, 3.63) is 54.1 Å². The second-order valence-electron chi connectivity index (χ2n) is 7.60. The zero-order valence-electron chi connectivity index (χ0n) is 16.5. The molecule has 2 aromatic rings. The highest BCUT2D eigenvalue weighted by Gasteiger charge is 2.42. The molecule has 6 nitrogen and oxygen atoms in total. The van der Waals surface area contributed by atoms with Crippen LogP contribution in [0.1, 0.15) is 31.2 Å². The van der Waals surface area contributed by atoms with Gasteiger partial charge in [0.2, 0.25) is 0 Å². The largest absolute Gasteiger partial charge is 0.381 e. The van der Waals surface area contributed by atoms with Gasteiger partial charge in [-0.1, -0.05) is 30.3 Å². The third-order valence-electron chi connectivity index (χ3n) is 5.63. The Kier molecular flexibility index (Phi) is 7.34. The van der Waals surface area contributed by atoms with E-state index in [1.807, 2.05) is 18.5 Å².